The number of rotatable bonds is 1. The van der Waals surface area contributed by atoms with Crippen LogP contribution in [0.5, 0.6) is 0 Å². The molecule has 2 nitrogen and oxygen atoms in total. The van der Waals surface area contributed by atoms with Crippen molar-refractivity contribution in [2.24, 2.45) is 0 Å². The van der Waals surface area contributed by atoms with Gasteiger partial charge in [-0.15, -0.1) is 0 Å². The van der Waals surface area contributed by atoms with Crippen molar-refractivity contribution in [3.05, 3.63) is 32.9 Å². The molecule has 0 atom stereocenters. The van der Waals surface area contributed by atoms with Gasteiger partial charge in [-0.3, -0.25) is 4.79 Å². The van der Waals surface area contributed by atoms with Crippen molar-refractivity contribution in [3.8, 4) is 0 Å². The van der Waals surface area contributed by atoms with Gasteiger partial charge >= 0.3 is 0 Å². The first-order valence-corrected chi connectivity index (χ1v) is 6.32. The monoisotopic (exact) mass is 315 g/mol. The van der Waals surface area contributed by atoms with Crippen LogP contribution in [0.2, 0.25) is 0 Å². The van der Waals surface area contributed by atoms with Crippen LogP contribution in [0.15, 0.2) is 18.2 Å². The lowest BCUT2D eigenvalue weighted by molar-refractivity contribution is 0.0792. The van der Waals surface area contributed by atoms with Gasteiger partial charge in [-0.2, -0.15) is 0 Å². The minimum Gasteiger partial charge on any atom is -0.339 e. The Morgan fingerprint density at radius 1 is 1.33 bits per heavy atom. The molecule has 1 heterocycles. The van der Waals surface area contributed by atoms with Crippen LogP contribution in [-0.4, -0.2) is 23.9 Å². The SMILES string of the molecule is Cc1cc(C(=O)N2CCCC2)ccc1I. The normalized spacial score (nSPS) is 15.7. The number of hydrogen-bond donors (Lipinski definition) is 0. The van der Waals surface area contributed by atoms with E-state index in [1.165, 1.54) is 9.13 Å². The van der Waals surface area contributed by atoms with Crippen LogP contribution >= 0.6 is 22.6 Å². The highest BCUT2D eigenvalue weighted by Gasteiger charge is 2.19. The van der Waals surface area contributed by atoms with E-state index >= 15 is 0 Å². The van der Waals surface area contributed by atoms with Gasteiger partial charge in [0, 0.05) is 22.2 Å². The molecule has 0 aliphatic carbocycles. The molecular formula is C12H14INO. The van der Waals surface area contributed by atoms with Crippen LogP contribution in [0, 0.1) is 10.5 Å². The summed E-state index contributed by atoms with van der Waals surface area (Å²) in [6, 6.07) is 5.93. The van der Waals surface area contributed by atoms with Crippen molar-refractivity contribution < 1.29 is 4.79 Å². The van der Waals surface area contributed by atoms with Gasteiger partial charge in [0.2, 0.25) is 0 Å². The number of amides is 1. The van der Waals surface area contributed by atoms with Gasteiger partial charge in [0.25, 0.3) is 5.91 Å². The zero-order valence-corrected chi connectivity index (χ0v) is 11.0. The average Bonchev–Trinajstić information content (AvgIpc) is 2.74. The third-order valence-electron chi connectivity index (χ3n) is 2.80. The lowest BCUT2D eigenvalue weighted by atomic mass is 10.1. The summed E-state index contributed by atoms with van der Waals surface area (Å²) in [7, 11) is 0. The van der Waals surface area contributed by atoms with Gasteiger partial charge in [0.1, 0.15) is 0 Å². The van der Waals surface area contributed by atoms with Crippen LogP contribution in [-0.2, 0) is 0 Å². The van der Waals surface area contributed by atoms with E-state index < -0.39 is 0 Å². The van der Waals surface area contributed by atoms with Gasteiger partial charge in [0.15, 0.2) is 0 Å². The Morgan fingerprint density at radius 2 is 2.00 bits per heavy atom. The maximum Gasteiger partial charge on any atom is 0.253 e. The maximum absolute atomic E-state index is 12.0. The highest BCUT2D eigenvalue weighted by atomic mass is 127. The number of nitrogens with zero attached hydrogens (tertiary/aromatic N) is 1. The molecule has 1 aromatic rings. The Balaban J connectivity index is 2.21. The zero-order valence-electron chi connectivity index (χ0n) is 8.79. The van der Waals surface area contributed by atoms with E-state index in [9.17, 15) is 4.79 Å². The Labute approximate surface area is 104 Å². The minimum atomic E-state index is 0.187. The number of carbonyl (C=O) groups is 1. The Morgan fingerprint density at radius 3 is 2.60 bits per heavy atom. The fourth-order valence-corrected chi connectivity index (χ4v) is 2.22. The first-order chi connectivity index (χ1) is 7.18. The largest absolute Gasteiger partial charge is 0.339 e. The third-order valence-corrected chi connectivity index (χ3v) is 4.01. The van der Waals surface area contributed by atoms with Gasteiger partial charge in [-0.1, -0.05) is 0 Å². The molecule has 0 saturated carbocycles. The topological polar surface area (TPSA) is 20.3 Å². The summed E-state index contributed by atoms with van der Waals surface area (Å²) >= 11 is 2.29. The third kappa shape index (κ3) is 2.33. The number of carbonyl (C=O) groups excluding carboxylic acids is 1. The standard InChI is InChI=1S/C12H14INO/c1-9-8-10(4-5-11(9)13)12(15)14-6-2-3-7-14/h4-5,8H,2-3,6-7H2,1H3. The first kappa shape index (κ1) is 10.9. The number of halogens is 1. The summed E-state index contributed by atoms with van der Waals surface area (Å²) in [5.74, 6) is 0.187. The second kappa shape index (κ2) is 4.51. The highest BCUT2D eigenvalue weighted by Crippen LogP contribution is 2.17. The lowest BCUT2D eigenvalue weighted by Crippen LogP contribution is -2.27. The van der Waals surface area contributed by atoms with Crippen molar-refractivity contribution in [1.82, 2.24) is 4.90 Å². The molecule has 0 aromatic heterocycles. The van der Waals surface area contributed by atoms with Gasteiger partial charge in [0.05, 0.1) is 0 Å². The predicted molar refractivity (Wildman–Crippen MR) is 69.0 cm³/mol. The number of hydrogen-bond acceptors (Lipinski definition) is 1. The molecule has 1 amide bonds. The second-order valence-corrected chi connectivity index (χ2v) is 5.13. The molecule has 3 heteroatoms. The molecule has 0 bridgehead atoms. The predicted octanol–water partition coefficient (Wildman–Crippen LogP) is 2.84. The Kier molecular flexibility index (Phi) is 3.29. The fourth-order valence-electron chi connectivity index (χ4n) is 1.88. The smallest absolute Gasteiger partial charge is 0.253 e. The molecule has 15 heavy (non-hydrogen) atoms. The summed E-state index contributed by atoms with van der Waals surface area (Å²) in [6.07, 6.45) is 2.30. The van der Waals surface area contributed by atoms with Crippen molar-refractivity contribution >= 4 is 28.5 Å². The summed E-state index contributed by atoms with van der Waals surface area (Å²) < 4.78 is 1.21. The van der Waals surface area contributed by atoms with Crippen LogP contribution in [0.25, 0.3) is 0 Å². The summed E-state index contributed by atoms with van der Waals surface area (Å²) in [5.41, 5.74) is 2.01. The van der Waals surface area contributed by atoms with Gasteiger partial charge in [-0.25, -0.2) is 0 Å². The van der Waals surface area contributed by atoms with E-state index in [1.807, 2.05) is 30.0 Å². The van der Waals surface area contributed by atoms with Crippen LogP contribution in [0.4, 0.5) is 0 Å². The minimum absolute atomic E-state index is 0.187. The van der Waals surface area contributed by atoms with Crippen molar-refractivity contribution in [3.63, 3.8) is 0 Å². The molecule has 80 valence electrons. The molecule has 0 radical (unpaired) electrons. The molecular weight excluding hydrogens is 301 g/mol. The summed E-state index contributed by atoms with van der Waals surface area (Å²) in [4.78, 5) is 14.0. The fraction of sp³-hybridized carbons (Fsp3) is 0.417. The van der Waals surface area contributed by atoms with Crippen molar-refractivity contribution in [2.75, 3.05) is 13.1 Å². The Bertz CT molecular complexity index is 383. The van der Waals surface area contributed by atoms with E-state index in [-0.39, 0.29) is 5.91 Å². The van der Waals surface area contributed by atoms with E-state index in [1.54, 1.807) is 0 Å². The molecule has 1 saturated heterocycles. The van der Waals surface area contributed by atoms with Crippen molar-refractivity contribution in [1.29, 1.82) is 0 Å². The zero-order chi connectivity index (χ0) is 10.8. The summed E-state index contributed by atoms with van der Waals surface area (Å²) in [6.45, 7) is 3.89. The molecule has 0 unspecified atom stereocenters. The molecule has 1 aliphatic heterocycles. The van der Waals surface area contributed by atoms with Gasteiger partial charge < -0.3 is 4.90 Å². The second-order valence-electron chi connectivity index (χ2n) is 3.96. The van der Waals surface area contributed by atoms with E-state index in [0.29, 0.717) is 0 Å². The van der Waals surface area contributed by atoms with Gasteiger partial charge in [-0.05, 0) is 66.1 Å². The quantitative estimate of drug-likeness (QED) is 0.730. The molecule has 1 fully saturated rings. The Hall–Kier alpha value is -0.580. The number of aryl methyl sites for hydroxylation is 1. The highest BCUT2D eigenvalue weighted by molar-refractivity contribution is 14.1. The average molecular weight is 315 g/mol. The molecule has 0 N–H and O–H groups in total. The molecule has 0 spiro atoms. The lowest BCUT2D eigenvalue weighted by Gasteiger charge is -2.15. The van der Waals surface area contributed by atoms with Crippen molar-refractivity contribution in [2.45, 2.75) is 19.8 Å². The maximum atomic E-state index is 12.0. The number of benzene rings is 1. The van der Waals surface area contributed by atoms with E-state index in [4.69, 9.17) is 0 Å². The molecule has 2 rings (SSSR count). The van der Waals surface area contributed by atoms with E-state index in [0.717, 1.165) is 31.5 Å². The molecule has 1 aromatic carbocycles. The van der Waals surface area contributed by atoms with E-state index in [2.05, 4.69) is 22.6 Å². The molecule has 1 aliphatic rings. The summed E-state index contributed by atoms with van der Waals surface area (Å²) in [5, 5.41) is 0. The van der Waals surface area contributed by atoms with Crippen LogP contribution < -0.4 is 0 Å². The van der Waals surface area contributed by atoms with Crippen LogP contribution in [0.1, 0.15) is 28.8 Å². The number of likely N-dealkylation sites (tertiary alicyclic amines) is 1. The van der Waals surface area contributed by atoms with Crippen LogP contribution in [0.3, 0.4) is 0 Å². The first-order valence-electron chi connectivity index (χ1n) is 5.24.